The van der Waals surface area contributed by atoms with Crippen LogP contribution in [0.3, 0.4) is 0 Å². The Labute approximate surface area is 178 Å². The van der Waals surface area contributed by atoms with Gasteiger partial charge in [-0.2, -0.15) is 9.61 Å². The first kappa shape index (κ1) is 18.9. The number of hydrogen-bond donors (Lipinski definition) is 0. The molecule has 3 heterocycles. The van der Waals surface area contributed by atoms with Crippen LogP contribution in [0.5, 0.6) is 17.2 Å². The van der Waals surface area contributed by atoms with Crippen LogP contribution >= 0.6 is 11.3 Å². The molecule has 5 rings (SSSR count). The number of aromatic nitrogens is 4. The minimum Gasteiger partial charge on any atom is -0.486 e. The summed E-state index contributed by atoms with van der Waals surface area (Å²) in [6.07, 6.45) is -0.365. The van der Waals surface area contributed by atoms with Crippen LogP contribution in [-0.2, 0) is 12.0 Å². The number of nitrogens with zero attached hydrogens (tertiary/aromatic N) is 4. The van der Waals surface area contributed by atoms with Crippen molar-refractivity contribution in [2.75, 3.05) is 6.61 Å². The van der Waals surface area contributed by atoms with Crippen molar-refractivity contribution in [3.05, 3.63) is 64.9 Å². The van der Waals surface area contributed by atoms with E-state index in [4.69, 9.17) is 14.2 Å². The highest BCUT2D eigenvalue weighted by Gasteiger charge is 2.28. The summed E-state index contributed by atoms with van der Waals surface area (Å²) in [7, 11) is 0. The summed E-state index contributed by atoms with van der Waals surface area (Å²) in [5.74, 6) is 2.87. The summed E-state index contributed by atoms with van der Waals surface area (Å²) in [4.78, 5) is 0.703. The smallest absolute Gasteiger partial charge is 0.234 e. The van der Waals surface area contributed by atoms with Gasteiger partial charge in [0.15, 0.2) is 28.4 Å². The predicted molar refractivity (Wildman–Crippen MR) is 113 cm³/mol. The molecule has 8 heteroatoms. The fourth-order valence-corrected chi connectivity index (χ4v) is 4.03. The van der Waals surface area contributed by atoms with Gasteiger partial charge in [-0.25, -0.2) is 0 Å². The Morgan fingerprint density at radius 3 is 2.60 bits per heavy atom. The van der Waals surface area contributed by atoms with Gasteiger partial charge in [0.2, 0.25) is 4.96 Å². The molecule has 2 aromatic heterocycles. The van der Waals surface area contributed by atoms with E-state index in [1.165, 1.54) is 16.9 Å². The van der Waals surface area contributed by atoms with E-state index in [2.05, 4.69) is 48.2 Å². The summed E-state index contributed by atoms with van der Waals surface area (Å²) >= 11 is 1.45. The Bertz CT molecular complexity index is 1180. The molecule has 1 aliphatic rings. The van der Waals surface area contributed by atoms with Gasteiger partial charge in [0, 0.05) is 0 Å². The van der Waals surface area contributed by atoms with E-state index < -0.39 is 0 Å². The molecular formula is C22H22N4O3S. The molecule has 1 atom stereocenters. The minimum absolute atomic E-state index is 0.119. The number of para-hydroxylation sites is 2. The molecule has 7 nitrogen and oxygen atoms in total. The quantitative estimate of drug-likeness (QED) is 0.480. The minimum atomic E-state index is -0.365. The third-order valence-corrected chi connectivity index (χ3v) is 5.81. The molecule has 0 saturated heterocycles. The Morgan fingerprint density at radius 1 is 1.07 bits per heavy atom. The summed E-state index contributed by atoms with van der Waals surface area (Å²) < 4.78 is 19.5. The van der Waals surface area contributed by atoms with Gasteiger partial charge >= 0.3 is 0 Å². The van der Waals surface area contributed by atoms with E-state index in [1.54, 1.807) is 4.52 Å². The van der Waals surface area contributed by atoms with E-state index >= 15 is 0 Å². The van der Waals surface area contributed by atoms with Crippen molar-refractivity contribution < 1.29 is 14.2 Å². The zero-order valence-electron chi connectivity index (χ0n) is 17.0. The fourth-order valence-electron chi connectivity index (χ4n) is 3.27. The van der Waals surface area contributed by atoms with Crippen molar-refractivity contribution in [3.63, 3.8) is 0 Å². The zero-order valence-corrected chi connectivity index (χ0v) is 17.8. The number of ether oxygens (including phenoxy) is 3. The fraction of sp³-hybridized carbons (Fsp3) is 0.318. The molecule has 0 fully saturated rings. The Morgan fingerprint density at radius 2 is 1.83 bits per heavy atom. The number of hydrogen-bond acceptors (Lipinski definition) is 7. The van der Waals surface area contributed by atoms with E-state index in [-0.39, 0.29) is 11.5 Å². The van der Waals surface area contributed by atoms with E-state index in [0.717, 1.165) is 16.5 Å². The van der Waals surface area contributed by atoms with Crippen LogP contribution in [0.15, 0.2) is 48.5 Å². The van der Waals surface area contributed by atoms with Crippen molar-refractivity contribution in [2.24, 2.45) is 0 Å². The highest BCUT2D eigenvalue weighted by Crippen LogP contribution is 2.35. The topological polar surface area (TPSA) is 70.8 Å². The SMILES string of the molecule is CC(C)(C)c1ccc(OCc2nn3c(C4COc5ccccc5O4)nnc3s2)cc1. The van der Waals surface area contributed by atoms with E-state index in [9.17, 15) is 0 Å². The highest BCUT2D eigenvalue weighted by molar-refractivity contribution is 7.16. The monoisotopic (exact) mass is 422 g/mol. The third kappa shape index (κ3) is 3.59. The molecule has 2 aromatic carbocycles. The largest absolute Gasteiger partial charge is 0.486 e. The number of rotatable bonds is 4. The van der Waals surface area contributed by atoms with Crippen LogP contribution in [-0.4, -0.2) is 26.4 Å². The van der Waals surface area contributed by atoms with E-state index in [1.807, 2.05) is 36.4 Å². The Kier molecular flexibility index (Phi) is 4.58. The lowest BCUT2D eigenvalue weighted by Gasteiger charge is -2.24. The van der Waals surface area contributed by atoms with Gasteiger partial charge < -0.3 is 14.2 Å². The van der Waals surface area contributed by atoms with Crippen molar-refractivity contribution in [3.8, 4) is 17.2 Å². The van der Waals surface area contributed by atoms with Gasteiger partial charge in [0.1, 0.15) is 19.0 Å². The molecule has 1 unspecified atom stereocenters. The summed E-state index contributed by atoms with van der Waals surface area (Å²) in [5.41, 5.74) is 1.39. The maximum atomic E-state index is 6.05. The van der Waals surface area contributed by atoms with Crippen LogP contribution in [0.4, 0.5) is 0 Å². The zero-order chi connectivity index (χ0) is 20.7. The lowest BCUT2D eigenvalue weighted by Crippen LogP contribution is -2.23. The molecule has 1 aliphatic heterocycles. The molecular weight excluding hydrogens is 400 g/mol. The van der Waals surface area contributed by atoms with Crippen LogP contribution < -0.4 is 14.2 Å². The normalized spacial score (nSPS) is 16.0. The van der Waals surface area contributed by atoms with Crippen LogP contribution in [0.25, 0.3) is 4.96 Å². The molecule has 0 radical (unpaired) electrons. The molecule has 0 bridgehead atoms. The lowest BCUT2D eigenvalue weighted by atomic mass is 9.87. The average Bonchev–Trinajstić information content (AvgIpc) is 3.32. The standard InChI is InChI=1S/C22H22N4O3S/c1-22(2,3)14-8-10-15(11-9-14)27-13-19-25-26-20(23-24-21(26)30-19)18-12-28-16-6-4-5-7-17(16)29-18/h4-11,18H,12-13H2,1-3H3. The number of fused-ring (bicyclic) bond motifs is 2. The molecule has 0 saturated carbocycles. The van der Waals surface area contributed by atoms with Crippen molar-refractivity contribution >= 4 is 16.3 Å². The molecule has 0 amide bonds. The molecule has 0 spiro atoms. The molecule has 4 aromatic rings. The first-order valence-corrected chi connectivity index (χ1v) is 10.6. The van der Waals surface area contributed by atoms with Gasteiger partial charge in [0.25, 0.3) is 0 Å². The average molecular weight is 423 g/mol. The molecule has 30 heavy (non-hydrogen) atoms. The summed E-state index contributed by atoms with van der Waals surface area (Å²) in [5, 5.41) is 13.9. The predicted octanol–water partition coefficient (Wildman–Crippen LogP) is 4.57. The first-order chi connectivity index (χ1) is 14.5. The van der Waals surface area contributed by atoms with Gasteiger partial charge in [-0.3, -0.25) is 0 Å². The molecule has 0 aliphatic carbocycles. The number of benzene rings is 2. The maximum Gasteiger partial charge on any atom is 0.234 e. The van der Waals surface area contributed by atoms with Crippen LogP contribution in [0.1, 0.15) is 43.3 Å². The molecule has 154 valence electrons. The second kappa shape index (κ2) is 7.28. The third-order valence-electron chi connectivity index (χ3n) is 4.94. The highest BCUT2D eigenvalue weighted by atomic mass is 32.1. The van der Waals surface area contributed by atoms with Crippen molar-refractivity contribution in [2.45, 2.75) is 38.9 Å². The van der Waals surface area contributed by atoms with Gasteiger partial charge in [-0.1, -0.05) is 56.4 Å². The van der Waals surface area contributed by atoms with Gasteiger partial charge in [0.05, 0.1) is 0 Å². The first-order valence-electron chi connectivity index (χ1n) is 9.80. The van der Waals surface area contributed by atoms with Crippen LogP contribution in [0, 0.1) is 0 Å². The maximum absolute atomic E-state index is 6.05. The van der Waals surface area contributed by atoms with E-state index in [0.29, 0.717) is 29.7 Å². The second-order valence-corrected chi connectivity index (χ2v) is 9.22. The van der Waals surface area contributed by atoms with Crippen LogP contribution in [0.2, 0.25) is 0 Å². The van der Waals surface area contributed by atoms with Crippen molar-refractivity contribution in [1.29, 1.82) is 0 Å². The lowest BCUT2D eigenvalue weighted by molar-refractivity contribution is 0.0835. The second-order valence-electron chi connectivity index (χ2n) is 8.18. The van der Waals surface area contributed by atoms with Gasteiger partial charge in [-0.15, -0.1) is 10.2 Å². The van der Waals surface area contributed by atoms with Gasteiger partial charge in [-0.05, 0) is 35.2 Å². The summed E-state index contributed by atoms with van der Waals surface area (Å²) in [6.45, 7) is 7.31. The summed E-state index contributed by atoms with van der Waals surface area (Å²) in [6, 6.07) is 15.8. The Hall–Kier alpha value is -3.13. The molecule has 0 N–H and O–H groups in total. The van der Waals surface area contributed by atoms with Crippen molar-refractivity contribution in [1.82, 2.24) is 19.8 Å². The Balaban J connectivity index is 1.30.